The average molecular weight is 342 g/mol. The highest BCUT2D eigenvalue weighted by Crippen LogP contribution is 2.17. The number of urea groups is 1. The maximum absolute atomic E-state index is 11.9. The molecule has 0 unspecified atom stereocenters. The number of hydrogen-bond donors (Lipinski definition) is 3. The molecule has 0 spiro atoms. The molecule has 2 rings (SSSR count). The van der Waals surface area contributed by atoms with Crippen LogP contribution >= 0.6 is 0 Å². The number of carboxylic acid groups (broad SMARTS) is 1. The molecule has 25 heavy (non-hydrogen) atoms. The largest absolute Gasteiger partial charge is 0.489 e. The molecule has 6 nitrogen and oxygen atoms in total. The first-order valence-corrected chi connectivity index (χ1v) is 8.13. The molecule has 2 aromatic carbocycles. The maximum atomic E-state index is 11.9. The third kappa shape index (κ3) is 6.55. The van der Waals surface area contributed by atoms with Crippen LogP contribution in [0.3, 0.4) is 0 Å². The zero-order valence-corrected chi connectivity index (χ0v) is 14.1. The Morgan fingerprint density at radius 1 is 1.08 bits per heavy atom. The molecule has 0 aliphatic carbocycles. The fraction of sp³-hybridized carbons (Fsp3) is 0.263. The van der Waals surface area contributed by atoms with E-state index in [0.29, 0.717) is 24.5 Å². The third-order valence-corrected chi connectivity index (χ3v) is 3.61. The molecule has 0 saturated carbocycles. The van der Waals surface area contributed by atoms with Crippen molar-refractivity contribution in [2.24, 2.45) is 0 Å². The monoisotopic (exact) mass is 342 g/mol. The number of rotatable bonds is 8. The van der Waals surface area contributed by atoms with Gasteiger partial charge in [-0.05, 0) is 36.2 Å². The van der Waals surface area contributed by atoms with Crippen LogP contribution in [-0.2, 0) is 11.4 Å². The van der Waals surface area contributed by atoms with Gasteiger partial charge in [0, 0.05) is 11.7 Å². The van der Waals surface area contributed by atoms with Gasteiger partial charge in [0.2, 0.25) is 0 Å². The van der Waals surface area contributed by atoms with Gasteiger partial charge in [0.15, 0.2) is 0 Å². The van der Waals surface area contributed by atoms with Gasteiger partial charge < -0.3 is 20.5 Å². The predicted molar refractivity (Wildman–Crippen MR) is 95.7 cm³/mol. The van der Waals surface area contributed by atoms with Crippen LogP contribution in [0.25, 0.3) is 0 Å². The summed E-state index contributed by atoms with van der Waals surface area (Å²) >= 11 is 0. The van der Waals surface area contributed by atoms with Crippen molar-refractivity contribution in [1.82, 2.24) is 5.32 Å². The van der Waals surface area contributed by atoms with Crippen molar-refractivity contribution >= 4 is 17.7 Å². The summed E-state index contributed by atoms with van der Waals surface area (Å²) in [6, 6.07) is 16.0. The zero-order valence-electron chi connectivity index (χ0n) is 14.1. The first-order valence-electron chi connectivity index (χ1n) is 8.13. The van der Waals surface area contributed by atoms with Crippen molar-refractivity contribution in [1.29, 1.82) is 0 Å². The minimum absolute atomic E-state index is 0.101. The highest BCUT2D eigenvalue weighted by atomic mass is 16.5. The van der Waals surface area contributed by atoms with Crippen molar-refractivity contribution in [3.05, 3.63) is 60.2 Å². The number of anilines is 1. The Labute approximate surface area is 146 Å². The molecule has 1 atom stereocenters. The van der Waals surface area contributed by atoms with E-state index in [1.807, 2.05) is 37.3 Å². The summed E-state index contributed by atoms with van der Waals surface area (Å²) in [5, 5.41) is 14.1. The van der Waals surface area contributed by atoms with Gasteiger partial charge in [0.05, 0.1) is 6.42 Å². The van der Waals surface area contributed by atoms with Crippen molar-refractivity contribution < 1.29 is 19.4 Å². The summed E-state index contributed by atoms with van der Waals surface area (Å²) < 4.78 is 5.68. The molecular formula is C19H22N2O4. The second-order valence-corrected chi connectivity index (χ2v) is 5.60. The number of benzene rings is 2. The lowest BCUT2D eigenvalue weighted by Gasteiger charge is -2.15. The van der Waals surface area contributed by atoms with Crippen LogP contribution in [0, 0.1) is 0 Å². The number of hydrogen-bond acceptors (Lipinski definition) is 3. The van der Waals surface area contributed by atoms with E-state index in [-0.39, 0.29) is 6.42 Å². The molecule has 2 amide bonds. The van der Waals surface area contributed by atoms with Crippen molar-refractivity contribution in [2.75, 3.05) is 5.32 Å². The summed E-state index contributed by atoms with van der Waals surface area (Å²) in [5.41, 5.74) is 1.68. The molecule has 0 aliphatic rings. The zero-order chi connectivity index (χ0) is 18.1. The fourth-order valence-corrected chi connectivity index (χ4v) is 2.24. The second-order valence-electron chi connectivity index (χ2n) is 5.60. The standard InChI is InChI=1S/C19H22N2O4/c1-2-15(12-18(22)23)20-19(24)21-16-8-10-17(11-9-16)25-13-14-6-4-3-5-7-14/h3-11,15H,2,12-13H2,1H3,(H,22,23)(H2,20,21,24)/t15-/m0/s1. The van der Waals surface area contributed by atoms with E-state index in [9.17, 15) is 9.59 Å². The quantitative estimate of drug-likeness (QED) is 0.683. The van der Waals surface area contributed by atoms with Gasteiger partial charge in [0.25, 0.3) is 0 Å². The van der Waals surface area contributed by atoms with Gasteiger partial charge in [-0.25, -0.2) is 4.79 Å². The SMILES string of the molecule is CC[C@@H](CC(=O)O)NC(=O)Nc1ccc(OCc2ccccc2)cc1. The normalized spacial score (nSPS) is 11.4. The van der Waals surface area contributed by atoms with Gasteiger partial charge in [-0.3, -0.25) is 4.79 Å². The summed E-state index contributed by atoms with van der Waals surface area (Å²) in [7, 11) is 0. The number of amides is 2. The second kappa shape index (κ2) is 9.32. The van der Waals surface area contributed by atoms with Crippen LogP contribution in [0.15, 0.2) is 54.6 Å². The number of nitrogens with one attached hydrogen (secondary N) is 2. The number of aliphatic carboxylic acids is 1. The molecular weight excluding hydrogens is 320 g/mol. The highest BCUT2D eigenvalue weighted by molar-refractivity contribution is 5.89. The molecule has 2 aromatic rings. The molecule has 0 aromatic heterocycles. The minimum atomic E-state index is -0.938. The molecule has 0 saturated heterocycles. The summed E-state index contributed by atoms with van der Waals surface area (Å²) in [6.45, 7) is 2.30. The van der Waals surface area contributed by atoms with Gasteiger partial charge in [-0.1, -0.05) is 37.3 Å². The average Bonchev–Trinajstić information content (AvgIpc) is 2.61. The molecule has 0 aliphatic heterocycles. The smallest absolute Gasteiger partial charge is 0.319 e. The van der Waals surface area contributed by atoms with Crippen LogP contribution in [-0.4, -0.2) is 23.1 Å². The molecule has 0 fully saturated rings. The third-order valence-electron chi connectivity index (χ3n) is 3.61. The van der Waals surface area contributed by atoms with E-state index < -0.39 is 18.0 Å². The van der Waals surface area contributed by atoms with Gasteiger partial charge in [-0.15, -0.1) is 0 Å². The topological polar surface area (TPSA) is 87.7 Å². The lowest BCUT2D eigenvalue weighted by atomic mass is 10.1. The van der Waals surface area contributed by atoms with Crippen molar-refractivity contribution in [3.63, 3.8) is 0 Å². The van der Waals surface area contributed by atoms with E-state index in [0.717, 1.165) is 5.56 Å². The van der Waals surface area contributed by atoms with E-state index in [1.165, 1.54) is 0 Å². The van der Waals surface area contributed by atoms with Crippen molar-refractivity contribution in [2.45, 2.75) is 32.4 Å². The Morgan fingerprint density at radius 3 is 2.36 bits per heavy atom. The first kappa shape index (κ1) is 18.3. The summed E-state index contributed by atoms with van der Waals surface area (Å²) in [6.07, 6.45) is 0.447. The van der Waals surface area contributed by atoms with Crippen LogP contribution in [0.2, 0.25) is 0 Å². The van der Waals surface area contributed by atoms with Gasteiger partial charge in [-0.2, -0.15) is 0 Å². The Kier molecular flexibility index (Phi) is 6.83. The molecule has 132 valence electrons. The minimum Gasteiger partial charge on any atom is -0.489 e. The lowest BCUT2D eigenvalue weighted by molar-refractivity contribution is -0.137. The van der Waals surface area contributed by atoms with E-state index in [2.05, 4.69) is 10.6 Å². The Bertz CT molecular complexity index is 686. The first-order chi connectivity index (χ1) is 12.1. The molecule has 0 heterocycles. The highest BCUT2D eigenvalue weighted by Gasteiger charge is 2.13. The molecule has 0 bridgehead atoms. The number of carboxylic acids is 1. The molecule has 6 heteroatoms. The number of ether oxygens (including phenoxy) is 1. The van der Waals surface area contributed by atoms with Gasteiger partial charge >= 0.3 is 12.0 Å². The van der Waals surface area contributed by atoms with Crippen LogP contribution in [0.4, 0.5) is 10.5 Å². The number of carbonyl (C=O) groups excluding carboxylic acids is 1. The Hall–Kier alpha value is -3.02. The molecule has 3 N–H and O–H groups in total. The van der Waals surface area contributed by atoms with Gasteiger partial charge in [0.1, 0.15) is 12.4 Å². The van der Waals surface area contributed by atoms with E-state index in [1.54, 1.807) is 24.3 Å². The maximum Gasteiger partial charge on any atom is 0.319 e. The lowest BCUT2D eigenvalue weighted by Crippen LogP contribution is -2.38. The van der Waals surface area contributed by atoms with E-state index in [4.69, 9.17) is 9.84 Å². The van der Waals surface area contributed by atoms with Crippen LogP contribution in [0.5, 0.6) is 5.75 Å². The summed E-state index contributed by atoms with van der Waals surface area (Å²) in [5.74, 6) is -0.237. The van der Waals surface area contributed by atoms with Crippen molar-refractivity contribution in [3.8, 4) is 5.75 Å². The predicted octanol–water partition coefficient (Wildman–Crippen LogP) is 3.64. The Balaban J connectivity index is 1.83. The number of carbonyl (C=O) groups is 2. The van der Waals surface area contributed by atoms with Crippen LogP contribution in [0.1, 0.15) is 25.3 Å². The fourth-order valence-electron chi connectivity index (χ4n) is 2.24. The van der Waals surface area contributed by atoms with Crippen LogP contribution < -0.4 is 15.4 Å². The summed E-state index contributed by atoms with van der Waals surface area (Å²) in [4.78, 5) is 22.6. The Morgan fingerprint density at radius 2 is 1.76 bits per heavy atom. The van der Waals surface area contributed by atoms with E-state index >= 15 is 0 Å². The molecule has 0 radical (unpaired) electrons.